The van der Waals surface area contributed by atoms with Gasteiger partial charge in [0.15, 0.2) is 0 Å². The number of halogens is 1. The number of carbonyl (C=O) groups excluding carboxylic acids is 1. The summed E-state index contributed by atoms with van der Waals surface area (Å²) in [6, 6.07) is 7.58. The zero-order valence-corrected chi connectivity index (χ0v) is 10.4. The van der Waals surface area contributed by atoms with Crippen LogP contribution in [0, 0.1) is 0 Å². The van der Waals surface area contributed by atoms with Gasteiger partial charge in [0.2, 0.25) is 0 Å². The van der Waals surface area contributed by atoms with Crippen molar-refractivity contribution in [2.45, 2.75) is 26.0 Å². The van der Waals surface area contributed by atoms with E-state index in [4.69, 9.17) is 10.5 Å². The third-order valence-corrected chi connectivity index (χ3v) is 2.34. The molecule has 15 heavy (non-hydrogen) atoms. The highest BCUT2D eigenvalue weighted by molar-refractivity contribution is 9.10. The van der Waals surface area contributed by atoms with Crippen molar-refractivity contribution >= 4 is 21.9 Å². The molecule has 0 atom stereocenters. The third kappa shape index (κ3) is 4.01. The Morgan fingerprint density at radius 3 is 2.40 bits per heavy atom. The first-order valence-corrected chi connectivity index (χ1v) is 5.39. The van der Waals surface area contributed by atoms with Gasteiger partial charge in [-0.1, -0.05) is 28.1 Å². The van der Waals surface area contributed by atoms with Crippen LogP contribution >= 0.6 is 15.9 Å². The van der Waals surface area contributed by atoms with Gasteiger partial charge in [0.05, 0.1) is 0 Å². The van der Waals surface area contributed by atoms with Crippen molar-refractivity contribution in [3.05, 3.63) is 34.3 Å². The summed E-state index contributed by atoms with van der Waals surface area (Å²) in [4.78, 5) is 11.3. The smallest absolute Gasteiger partial charge is 0.325 e. The summed E-state index contributed by atoms with van der Waals surface area (Å²) < 4.78 is 6.05. The first-order valence-electron chi connectivity index (χ1n) is 4.60. The Balaban J connectivity index is 2.51. The molecule has 2 N–H and O–H groups in total. The van der Waals surface area contributed by atoms with Crippen molar-refractivity contribution in [3.8, 4) is 0 Å². The summed E-state index contributed by atoms with van der Waals surface area (Å²) in [6.07, 6.45) is 0. The molecule has 3 nitrogen and oxygen atoms in total. The predicted octanol–water partition coefficient (Wildman–Crippen LogP) is 2.23. The number of hydrogen-bond donors (Lipinski definition) is 1. The van der Waals surface area contributed by atoms with Crippen LogP contribution in [0.2, 0.25) is 0 Å². The first kappa shape index (κ1) is 12.2. The van der Waals surface area contributed by atoms with E-state index in [1.54, 1.807) is 13.8 Å². The van der Waals surface area contributed by atoms with Crippen LogP contribution in [-0.4, -0.2) is 11.5 Å². The molecule has 0 aliphatic carbocycles. The van der Waals surface area contributed by atoms with Gasteiger partial charge in [-0.2, -0.15) is 0 Å². The van der Waals surface area contributed by atoms with Gasteiger partial charge in [0.25, 0.3) is 0 Å². The van der Waals surface area contributed by atoms with E-state index in [-0.39, 0.29) is 6.61 Å². The fraction of sp³-hybridized carbons (Fsp3) is 0.364. The maximum absolute atomic E-state index is 11.3. The van der Waals surface area contributed by atoms with Crippen molar-refractivity contribution in [3.63, 3.8) is 0 Å². The zero-order chi connectivity index (χ0) is 11.5. The molecule has 0 amide bonds. The molecule has 1 aromatic carbocycles. The topological polar surface area (TPSA) is 52.3 Å². The number of hydrogen-bond acceptors (Lipinski definition) is 3. The summed E-state index contributed by atoms with van der Waals surface area (Å²) in [6.45, 7) is 3.50. The predicted molar refractivity (Wildman–Crippen MR) is 62.2 cm³/mol. The van der Waals surface area contributed by atoms with Crippen LogP contribution in [0.4, 0.5) is 0 Å². The fourth-order valence-electron chi connectivity index (χ4n) is 0.916. The van der Waals surface area contributed by atoms with Gasteiger partial charge < -0.3 is 10.5 Å². The van der Waals surface area contributed by atoms with Gasteiger partial charge >= 0.3 is 5.97 Å². The molecule has 0 saturated carbocycles. The Hall–Kier alpha value is -0.870. The van der Waals surface area contributed by atoms with Crippen LogP contribution < -0.4 is 5.73 Å². The van der Waals surface area contributed by atoms with Crippen LogP contribution in [-0.2, 0) is 16.1 Å². The zero-order valence-electron chi connectivity index (χ0n) is 8.79. The summed E-state index contributed by atoms with van der Waals surface area (Å²) in [7, 11) is 0. The number of carbonyl (C=O) groups is 1. The molecule has 0 aliphatic rings. The summed E-state index contributed by atoms with van der Waals surface area (Å²) in [5.74, 6) is -0.398. The molecule has 1 rings (SSSR count). The lowest BCUT2D eigenvalue weighted by Gasteiger charge is -2.16. The Morgan fingerprint density at radius 2 is 1.93 bits per heavy atom. The molecule has 4 heteroatoms. The molecule has 0 radical (unpaired) electrons. The fourth-order valence-corrected chi connectivity index (χ4v) is 1.18. The summed E-state index contributed by atoms with van der Waals surface area (Å²) in [5, 5.41) is 0. The second-order valence-electron chi connectivity index (χ2n) is 3.92. The molecule has 0 aliphatic heterocycles. The summed E-state index contributed by atoms with van der Waals surface area (Å²) in [5.41, 5.74) is 5.59. The minimum absolute atomic E-state index is 0.257. The minimum Gasteiger partial charge on any atom is -0.459 e. The van der Waals surface area contributed by atoms with Crippen LogP contribution in [0.1, 0.15) is 19.4 Å². The Kier molecular flexibility index (Phi) is 3.88. The molecule has 0 unspecified atom stereocenters. The van der Waals surface area contributed by atoms with Crippen molar-refractivity contribution in [1.82, 2.24) is 0 Å². The van der Waals surface area contributed by atoms with Gasteiger partial charge in [-0.3, -0.25) is 4.79 Å². The van der Waals surface area contributed by atoms with Gasteiger partial charge in [-0.05, 0) is 31.5 Å². The lowest BCUT2D eigenvalue weighted by Crippen LogP contribution is -2.42. The molecule has 0 spiro atoms. The van der Waals surface area contributed by atoms with Gasteiger partial charge in [-0.15, -0.1) is 0 Å². The Morgan fingerprint density at radius 1 is 1.40 bits per heavy atom. The standard InChI is InChI=1S/C11H14BrNO2/c1-11(2,13)10(14)15-7-8-3-5-9(12)6-4-8/h3-6H,7,13H2,1-2H3. The van der Waals surface area contributed by atoms with E-state index < -0.39 is 11.5 Å². The van der Waals surface area contributed by atoms with Crippen molar-refractivity contribution in [2.75, 3.05) is 0 Å². The van der Waals surface area contributed by atoms with Crippen molar-refractivity contribution < 1.29 is 9.53 Å². The average Bonchev–Trinajstić information content (AvgIpc) is 2.15. The largest absolute Gasteiger partial charge is 0.459 e. The Bertz CT molecular complexity index is 341. The van der Waals surface area contributed by atoms with Gasteiger partial charge in [-0.25, -0.2) is 0 Å². The van der Waals surface area contributed by atoms with Crippen LogP contribution in [0.15, 0.2) is 28.7 Å². The molecular weight excluding hydrogens is 258 g/mol. The average molecular weight is 272 g/mol. The van der Waals surface area contributed by atoms with E-state index in [2.05, 4.69) is 15.9 Å². The van der Waals surface area contributed by atoms with Gasteiger partial charge in [0.1, 0.15) is 12.1 Å². The third-order valence-electron chi connectivity index (χ3n) is 1.81. The Labute approximate surface area is 97.7 Å². The quantitative estimate of drug-likeness (QED) is 0.858. The number of ether oxygens (including phenoxy) is 1. The first-order chi connectivity index (χ1) is 6.89. The number of benzene rings is 1. The van der Waals surface area contributed by atoms with Crippen molar-refractivity contribution in [1.29, 1.82) is 0 Å². The monoisotopic (exact) mass is 271 g/mol. The van der Waals surface area contributed by atoms with E-state index >= 15 is 0 Å². The van der Waals surface area contributed by atoms with E-state index in [9.17, 15) is 4.79 Å². The highest BCUT2D eigenvalue weighted by Crippen LogP contribution is 2.12. The maximum Gasteiger partial charge on any atom is 0.325 e. The highest BCUT2D eigenvalue weighted by atomic mass is 79.9. The van der Waals surface area contributed by atoms with E-state index in [0.717, 1.165) is 10.0 Å². The lowest BCUT2D eigenvalue weighted by atomic mass is 10.1. The van der Waals surface area contributed by atoms with Crippen LogP contribution in [0.25, 0.3) is 0 Å². The molecule has 0 fully saturated rings. The molecule has 1 aromatic rings. The molecule has 82 valence electrons. The van der Waals surface area contributed by atoms with Crippen LogP contribution in [0.3, 0.4) is 0 Å². The molecule has 0 heterocycles. The second-order valence-corrected chi connectivity index (χ2v) is 4.84. The molecule has 0 aromatic heterocycles. The lowest BCUT2D eigenvalue weighted by molar-refractivity contribution is -0.150. The summed E-state index contributed by atoms with van der Waals surface area (Å²) >= 11 is 3.33. The normalized spacial score (nSPS) is 11.2. The highest BCUT2D eigenvalue weighted by Gasteiger charge is 2.23. The molecule has 0 bridgehead atoms. The number of rotatable bonds is 3. The van der Waals surface area contributed by atoms with Crippen molar-refractivity contribution in [2.24, 2.45) is 5.73 Å². The van der Waals surface area contributed by atoms with E-state index in [1.165, 1.54) is 0 Å². The second kappa shape index (κ2) is 4.77. The SMILES string of the molecule is CC(C)(N)C(=O)OCc1ccc(Br)cc1. The van der Waals surface area contributed by atoms with E-state index in [0.29, 0.717) is 0 Å². The molecule has 0 saturated heterocycles. The number of esters is 1. The van der Waals surface area contributed by atoms with Gasteiger partial charge in [0, 0.05) is 4.47 Å². The maximum atomic E-state index is 11.3. The molecular formula is C11H14BrNO2. The van der Waals surface area contributed by atoms with Crippen LogP contribution in [0.5, 0.6) is 0 Å². The van der Waals surface area contributed by atoms with E-state index in [1.807, 2.05) is 24.3 Å². The number of nitrogens with two attached hydrogens (primary N) is 1. The minimum atomic E-state index is -0.935.